The van der Waals surface area contributed by atoms with Crippen molar-refractivity contribution < 1.29 is 9.90 Å². The van der Waals surface area contributed by atoms with E-state index in [2.05, 4.69) is 32.2 Å². The molecule has 0 radical (unpaired) electrons. The summed E-state index contributed by atoms with van der Waals surface area (Å²) in [6.45, 7) is 1.41. The van der Waals surface area contributed by atoms with Gasteiger partial charge < -0.3 is 15.3 Å². The average molecular weight is 419 g/mol. The molecule has 8 heteroatoms. The highest BCUT2D eigenvalue weighted by molar-refractivity contribution is 5.69. The first kappa shape index (κ1) is 21.1. The molecule has 1 aliphatic carbocycles. The minimum absolute atomic E-state index is 0.0132. The van der Waals surface area contributed by atoms with Crippen LogP contribution in [0.5, 0.6) is 0 Å². The number of hydrogen-bond acceptors (Lipinski definition) is 8. The molecular weight excluding hydrogens is 394 g/mol. The highest BCUT2D eigenvalue weighted by Gasteiger charge is 2.54. The molecule has 4 rings (SSSR count). The number of nitrogens with one attached hydrogen (secondary N) is 1. The molecule has 2 fully saturated rings. The van der Waals surface area contributed by atoms with Gasteiger partial charge in [0.1, 0.15) is 12.4 Å². The lowest BCUT2D eigenvalue weighted by molar-refractivity contribution is -0.119. The third kappa shape index (κ3) is 4.48. The van der Waals surface area contributed by atoms with Gasteiger partial charge in [-0.15, -0.1) is 0 Å². The second-order valence-corrected chi connectivity index (χ2v) is 8.18. The Balaban J connectivity index is 1.64. The monoisotopic (exact) mass is 419 g/mol. The molecule has 1 atom stereocenters. The number of aromatic nitrogens is 2. The third-order valence-corrected chi connectivity index (χ3v) is 5.96. The van der Waals surface area contributed by atoms with Gasteiger partial charge in [0.15, 0.2) is 17.7 Å². The van der Waals surface area contributed by atoms with Crippen LogP contribution in [-0.4, -0.2) is 52.6 Å². The second kappa shape index (κ2) is 8.53. The molecular formula is C23H25N5O3. The van der Waals surface area contributed by atoms with Crippen molar-refractivity contribution in [1.29, 1.82) is 0 Å². The van der Waals surface area contributed by atoms with Gasteiger partial charge in [-0.3, -0.25) is 4.79 Å². The number of anilines is 1. The number of aliphatic hydroxyl groups is 1. The van der Waals surface area contributed by atoms with Crippen LogP contribution >= 0.6 is 0 Å². The Morgan fingerprint density at radius 3 is 2.81 bits per heavy atom. The summed E-state index contributed by atoms with van der Waals surface area (Å²) in [5, 5.41) is 16.2. The molecule has 0 amide bonds. The van der Waals surface area contributed by atoms with Gasteiger partial charge in [0.05, 0.1) is 5.69 Å². The SMILES string of the molecule is CNCC[C@@](O)(C#Cc1cccc(-c2nc(CN=O)cc(N3CCC34CC4)n2)c1)C=O. The van der Waals surface area contributed by atoms with Crippen LogP contribution < -0.4 is 10.2 Å². The van der Waals surface area contributed by atoms with E-state index in [1.807, 2.05) is 24.3 Å². The van der Waals surface area contributed by atoms with Gasteiger partial charge in [-0.2, -0.15) is 4.91 Å². The quantitative estimate of drug-likeness (QED) is 0.383. The molecule has 0 unspecified atom stereocenters. The zero-order chi connectivity index (χ0) is 21.9. The molecule has 1 saturated heterocycles. The van der Waals surface area contributed by atoms with E-state index in [1.54, 1.807) is 13.1 Å². The molecule has 0 bridgehead atoms. The van der Waals surface area contributed by atoms with E-state index in [0.29, 0.717) is 29.9 Å². The highest BCUT2D eigenvalue weighted by atomic mass is 16.3. The third-order valence-electron chi connectivity index (χ3n) is 5.96. The summed E-state index contributed by atoms with van der Waals surface area (Å²) in [5.41, 5.74) is 0.507. The van der Waals surface area contributed by atoms with Gasteiger partial charge in [0, 0.05) is 35.7 Å². The molecule has 2 aromatic rings. The van der Waals surface area contributed by atoms with Gasteiger partial charge in [0.25, 0.3) is 0 Å². The Morgan fingerprint density at radius 1 is 1.32 bits per heavy atom. The molecule has 2 aliphatic rings. The molecule has 1 aliphatic heterocycles. The van der Waals surface area contributed by atoms with Crippen molar-refractivity contribution in [3.05, 3.63) is 46.5 Å². The number of carbonyl (C=O) groups excluding carboxylic acids is 1. The fourth-order valence-corrected chi connectivity index (χ4v) is 3.84. The molecule has 1 aromatic heterocycles. The van der Waals surface area contributed by atoms with Crippen LogP contribution in [0.2, 0.25) is 0 Å². The first-order valence-corrected chi connectivity index (χ1v) is 10.4. The van der Waals surface area contributed by atoms with E-state index >= 15 is 0 Å². The van der Waals surface area contributed by atoms with Gasteiger partial charge in [-0.05, 0) is 45.0 Å². The number of nitrogens with zero attached hydrogens (tertiary/aromatic N) is 4. The summed E-state index contributed by atoms with van der Waals surface area (Å²) in [4.78, 5) is 33.7. The van der Waals surface area contributed by atoms with Crippen LogP contribution in [-0.2, 0) is 11.3 Å². The average Bonchev–Trinajstić information content (AvgIpc) is 3.59. The molecule has 31 heavy (non-hydrogen) atoms. The van der Waals surface area contributed by atoms with E-state index < -0.39 is 5.60 Å². The minimum atomic E-state index is -1.70. The summed E-state index contributed by atoms with van der Waals surface area (Å²) in [6.07, 6.45) is 4.18. The maximum atomic E-state index is 11.3. The Morgan fingerprint density at radius 2 is 2.16 bits per heavy atom. The Hall–Kier alpha value is -3.15. The summed E-state index contributed by atoms with van der Waals surface area (Å²) in [5.74, 6) is 6.88. The van der Waals surface area contributed by atoms with Crippen LogP contribution in [0.4, 0.5) is 5.82 Å². The van der Waals surface area contributed by atoms with Crippen molar-refractivity contribution in [2.24, 2.45) is 5.18 Å². The number of benzene rings is 1. The first-order valence-electron chi connectivity index (χ1n) is 10.4. The summed E-state index contributed by atoms with van der Waals surface area (Å²) < 4.78 is 0. The van der Waals surface area contributed by atoms with E-state index in [-0.39, 0.29) is 18.5 Å². The summed E-state index contributed by atoms with van der Waals surface area (Å²) in [7, 11) is 1.75. The smallest absolute Gasteiger partial charge is 0.182 e. The van der Waals surface area contributed by atoms with E-state index in [4.69, 9.17) is 4.98 Å². The zero-order valence-electron chi connectivity index (χ0n) is 17.5. The fourth-order valence-electron chi connectivity index (χ4n) is 3.84. The molecule has 2 heterocycles. The van der Waals surface area contributed by atoms with Crippen molar-refractivity contribution >= 4 is 12.1 Å². The lowest BCUT2D eigenvalue weighted by Gasteiger charge is -2.43. The van der Waals surface area contributed by atoms with Crippen molar-refractivity contribution in [2.75, 3.05) is 25.0 Å². The molecule has 160 valence electrons. The lowest BCUT2D eigenvalue weighted by atomic mass is 10.0. The standard InChI is InChI=1S/C23H25N5O3/c1-24-11-9-23(30,16-29)6-5-17-3-2-4-18(13-17)21-26-19(15-25-31)14-20(27-21)28-12-10-22(28)7-8-22/h2-4,13-14,16,24,30H,7-12,15H2,1H3/t23-/m0/s1. The predicted octanol–water partition coefficient (Wildman–Crippen LogP) is 2.04. The number of hydrogen-bond donors (Lipinski definition) is 2. The van der Waals surface area contributed by atoms with E-state index in [0.717, 1.165) is 17.9 Å². The second-order valence-electron chi connectivity index (χ2n) is 8.18. The van der Waals surface area contributed by atoms with Gasteiger partial charge >= 0.3 is 0 Å². The van der Waals surface area contributed by atoms with Crippen LogP contribution in [0.25, 0.3) is 11.4 Å². The Kier molecular flexibility index (Phi) is 5.81. The maximum Gasteiger partial charge on any atom is 0.182 e. The first-order chi connectivity index (χ1) is 15.0. The molecule has 8 nitrogen and oxygen atoms in total. The maximum absolute atomic E-state index is 11.3. The van der Waals surface area contributed by atoms with Crippen molar-refractivity contribution in [1.82, 2.24) is 15.3 Å². The summed E-state index contributed by atoms with van der Waals surface area (Å²) >= 11 is 0. The van der Waals surface area contributed by atoms with Crippen molar-refractivity contribution in [3.63, 3.8) is 0 Å². The number of nitroso groups, excluding NO2 is 1. The van der Waals surface area contributed by atoms with Crippen LogP contribution in [0.3, 0.4) is 0 Å². The van der Waals surface area contributed by atoms with Crippen LogP contribution in [0.1, 0.15) is 36.9 Å². The molecule has 2 N–H and O–H groups in total. The van der Waals surface area contributed by atoms with Gasteiger partial charge in [0.2, 0.25) is 0 Å². The number of carbonyl (C=O) groups is 1. The van der Waals surface area contributed by atoms with Crippen LogP contribution in [0.15, 0.2) is 35.5 Å². The molecule has 1 aromatic carbocycles. The van der Waals surface area contributed by atoms with E-state index in [9.17, 15) is 14.8 Å². The number of rotatable bonds is 8. The normalized spacial score (nSPS) is 17.8. The zero-order valence-corrected chi connectivity index (χ0v) is 17.5. The van der Waals surface area contributed by atoms with Gasteiger partial charge in [-0.25, -0.2) is 9.97 Å². The van der Waals surface area contributed by atoms with Crippen LogP contribution in [0, 0.1) is 16.7 Å². The topological polar surface area (TPSA) is 108 Å². The Labute approximate surface area is 181 Å². The van der Waals surface area contributed by atoms with Gasteiger partial charge in [-0.1, -0.05) is 29.2 Å². The predicted molar refractivity (Wildman–Crippen MR) is 117 cm³/mol. The summed E-state index contributed by atoms with van der Waals surface area (Å²) in [6, 6.07) is 9.16. The van der Waals surface area contributed by atoms with Crippen molar-refractivity contribution in [3.8, 4) is 23.2 Å². The molecule has 1 saturated carbocycles. The Bertz CT molecular complexity index is 1060. The fraction of sp³-hybridized carbons (Fsp3) is 0.435. The lowest BCUT2D eigenvalue weighted by Crippen LogP contribution is -2.50. The number of aldehydes is 1. The van der Waals surface area contributed by atoms with E-state index in [1.165, 1.54) is 19.3 Å². The highest BCUT2D eigenvalue weighted by Crippen LogP contribution is 2.52. The largest absolute Gasteiger partial charge is 0.371 e. The van der Waals surface area contributed by atoms with Crippen molar-refractivity contribution in [2.45, 2.75) is 43.4 Å². The minimum Gasteiger partial charge on any atom is -0.371 e. The molecule has 1 spiro atoms.